The lowest BCUT2D eigenvalue weighted by Gasteiger charge is -2.10. The molecule has 0 aliphatic heterocycles. The number of ether oxygens (including phenoxy) is 2. The molecule has 0 aliphatic rings. The van der Waals surface area contributed by atoms with Crippen LogP contribution in [-0.4, -0.2) is 36.1 Å². The van der Waals surface area contributed by atoms with Crippen LogP contribution >= 0.6 is 0 Å². The number of hydrogen-bond donors (Lipinski definition) is 2. The zero-order valence-corrected chi connectivity index (χ0v) is 16.0. The van der Waals surface area contributed by atoms with Gasteiger partial charge in [0.15, 0.2) is 0 Å². The molecule has 0 atom stereocenters. The molecule has 0 fully saturated rings. The van der Waals surface area contributed by atoms with Crippen LogP contribution in [0.3, 0.4) is 0 Å². The third-order valence-electron chi connectivity index (χ3n) is 4.03. The van der Waals surface area contributed by atoms with Crippen molar-refractivity contribution in [1.29, 1.82) is 0 Å². The van der Waals surface area contributed by atoms with Crippen LogP contribution < -0.4 is 15.4 Å². The average Bonchev–Trinajstić information content (AvgIpc) is 2.90. The van der Waals surface area contributed by atoms with Crippen molar-refractivity contribution in [2.75, 3.05) is 25.6 Å². The second-order valence-electron chi connectivity index (χ2n) is 6.05. The SMILES string of the molecule is CCCOc1cccc(NC(=O)NCc2c(C)nn(CCOC)c2C)c1. The van der Waals surface area contributed by atoms with Gasteiger partial charge < -0.3 is 20.1 Å². The van der Waals surface area contributed by atoms with Gasteiger partial charge in [-0.15, -0.1) is 0 Å². The van der Waals surface area contributed by atoms with E-state index in [4.69, 9.17) is 9.47 Å². The molecule has 1 aromatic heterocycles. The quantitative estimate of drug-likeness (QED) is 0.719. The summed E-state index contributed by atoms with van der Waals surface area (Å²) in [6.07, 6.45) is 0.939. The molecule has 0 spiro atoms. The lowest BCUT2D eigenvalue weighted by Crippen LogP contribution is -2.28. The minimum Gasteiger partial charge on any atom is -0.494 e. The molecule has 26 heavy (non-hydrogen) atoms. The standard InChI is InChI=1S/C19H28N4O3/c1-5-10-26-17-8-6-7-16(12-17)21-19(24)20-13-18-14(2)22-23(15(18)3)9-11-25-4/h6-8,12H,5,9-11,13H2,1-4H3,(H2,20,21,24). The highest BCUT2D eigenvalue weighted by molar-refractivity contribution is 5.89. The Labute approximate surface area is 154 Å². The van der Waals surface area contributed by atoms with Gasteiger partial charge in [0.25, 0.3) is 0 Å². The third kappa shape index (κ3) is 5.49. The molecule has 0 bridgehead atoms. The molecular weight excluding hydrogens is 332 g/mol. The van der Waals surface area contributed by atoms with Crippen molar-refractivity contribution >= 4 is 11.7 Å². The first-order chi connectivity index (χ1) is 12.5. The van der Waals surface area contributed by atoms with E-state index < -0.39 is 0 Å². The van der Waals surface area contributed by atoms with Gasteiger partial charge in [-0.2, -0.15) is 5.10 Å². The van der Waals surface area contributed by atoms with Crippen molar-refractivity contribution in [2.24, 2.45) is 0 Å². The number of anilines is 1. The Kier molecular flexibility index (Phi) is 7.47. The molecule has 2 N–H and O–H groups in total. The van der Waals surface area contributed by atoms with Crippen molar-refractivity contribution in [2.45, 2.75) is 40.3 Å². The summed E-state index contributed by atoms with van der Waals surface area (Å²) in [6.45, 7) is 8.37. The molecule has 142 valence electrons. The van der Waals surface area contributed by atoms with Crippen LogP contribution in [0.1, 0.15) is 30.3 Å². The molecule has 2 amide bonds. The van der Waals surface area contributed by atoms with E-state index in [1.165, 1.54) is 0 Å². The van der Waals surface area contributed by atoms with E-state index in [1.54, 1.807) is 7.11 Å². The van der Waals surface area contributed by atoms with Gasteiger partial charge in [-0.1, -0.05) is 13.0 Å². The number of rotatable bonds is 9. The molecule has 0 aliphatic carbocycles. The van der Waals surface area contributed by atoms with E-state index in [1.807, 2.05) is 42.8 Å². The molecule has 0 saturated carbocycles. The van der Waals surface area contributed by atoms with Crippen LogP contribution in [-0.2, 0) is 17.8 Å². The van der Waals surface area contributed by atoms with Gasteiger partial charge in [0.05, 0.1) is 25.5 Å². The van der Waals surface area contributed by atoms with E-state index in [9.17, 15) is 4.79 Å². The summed E-state index contributed by atoms with van der Waals surface area (Å²) in [5, 5.41) is 10.2. The first-order valence-electron chi connectivity index (χ1n) is 8.84. The van der Waals surface area contributed by atoms with Crippen molar-refractivity contribution in [3.05, 3.63) is 41.2 Å². The first-order valence-corrected chi connectivity index (χ1v) is 8.84. The number of nitrogens with zero attached hydrogens (tertiary/aromatic N) is 2. The summed E-state index contributed by atoms with van der Waals surface area (Å²) in [5.41, 5.74) is 3.67. The summed E-state index contributed by atoms with van der Waals surface area (Å²) in [4.78, 5) is 12.2. The molecule has 0 radical (unpaired) electrons. The van der Waals surface area contributed by atoms with Crippen LogP contribution in [0.25, 0.3) is 0 Å². The maximum Gasteiger partial charge on any atom is 0.319 e. The zero-order valence-electron chi connectivity index (χ0n) is 16.0. The fourth-order valence-electron chi connectivity index (χ4n) is 2.61. The molecule has 0 saturated heterocycles. The summed E-state index contributed by atoms with van der Waals surface area (Å²) >= 11 is 0. The average molecular weight is 360 g/mol. The molecule has 7 nitrogen and oxygen atoms in total. The van der Waals surface area contributed by atoms with Crippen LogP contribution in [0.5, 0.6) is 5.75 Å². The van der Waals surface area contributed by atoms with Gasteiger partial charge in [-0.3, -0.25) is 4.68 Å². The van der Waals surface area contributed by atoms with Gasteiger partial charge in [0.1, 0.15) is 5.75 Å². The molecule has 2 aromatic rings. The summed E-state index contributed by atoms with van der Waals surface area (Å²) in [7, 11) is 1.67. The van der Waals surface area contributed by atoms with E-state index in [2.05, 4.69) is 22.7 Å². The fourth-order valence-corrected chi connectivity index (χ4v) is 2.61. The van der Waals surface area contributed by atoms with Gasteiger partial charge in [-0.25, -0.2) is 4.79 Å². The lowest BCUT2D eigenvalue weighted by molar-refractivity contribution is 0.182. The minimum absolute atomic E-state index is 0.263. The second-order valence-corrected chi connectivity index (χ2v) is 6.05. The Hall–Kier alpha value is -2.54. The zero-order chi connectivity index (χ0) is 18.9. The molecule has 0 unspecified atom stereocenters. The number of carbonyl (C=O) groups excluding carboxylic acids is 1. The van der Waals surface area contributed by atoms with Gasteiger partial charge in [0.2, 0.25) is 0 Å². The largest absolute Gasteiger partial charge is 0.494 e. The Morgan fingerprint density at radius 2 is 2.08 bits per heavy atom. The predicted octanol–water partition coefficient (Wildman–Crippen LogP) is 3.26. The maximum atomic E-state index is 12.2. The van der Waals surface area contributed by atoms with Crippen LogP contribution in [0.4, 0.5) is 10.5 Å². The predicted molar refractivity (Wildman–Crippen MR) is 102 cm³/mol. The number of benzene rings is 1. The topological polar surface area (TPSA) is 77.4 Å². The van der Waals surface area contributed by atoms with E-state index in [0.29, 0.717) is 32.0 Å². The van der Waals surface area contributed by atoms with Crippen LogP contribution in [0.15, 0.2) is 24.3 Å². The van der Waals surface area contributed by atoms with Crippen LogP contribution in [0.2, 0.25) is 0 Å². The molecule has 7 heteroatoms. The monoisotopic (exact) mass is 360 g/mol. The second kappa shape index (κ2) is 9.82. The van der Waals surface area contributed by atoms with Crippen LogP contribution in [0, 0.1) is 13.8 Å². The van der Waals surface area contributed by atoms with Crippen molar-refractivity contribution in [1.82, 2.24) is 15.1 Å². The molecule has 1 heterocycles. The van der Waals surface area contributed by atoms with Crippen molar-refractivity contribution < 1.29 is 14.3 Å². The number of methoxy groups -OCH3 is 1. The highest BCUT2D eigenvalue weighted by atomic mass is 16.5. The molecule has 1 aromatic carbocycles. The number of hydrogen-bond acceptors (Lipinski definition) is 4. The Bertz CT molecular complexity index is 728. The van der Waals surface area contributed by atoms with E-state index in [-0.39, 0.29) is 6.03 Å². The van der Waals surface area contributed by atoms with Gasteiger partial charge in [-0.05, 0) is 32.4 Å². The third-order valence-corrected chi connectivity index (χ3v) is 4.03. The Morgan fingerprint density at radius 1 is 1.27 bits per heavy atom. The summed E-state index contributed by atoms with van der Waals surface area (Å²) in [5.74, 6) is 0.746. The number of carbonyl (C=O) groups is 1. The molecule has 2 rings (SSSR count). The number of amides is 2. The Morgan fingerprint density at radius 3 is 2.81 bits per heavy atom. The maximum absolute atomic E-state index is 12.2. The normalized spacial score (nSPS) is 10.6. The number of aryl methyl sites for hydroxylation is 1. The first kappa shape index (κ1) is 19.8. The number of nitrogens with one attached hydrogen (secondary N) is 2. The van der Waals surface area contributed by atoms with E-state index in [0.717, 1.165) is 29.1 Å². The highest BCUT2D eigenvalue weighted by Gasteiger charge is 2.12. The number of urea groups is 1. The summed E-state index contributed by atoms with van der Waals surface area (Å²) < 4.78 is 12.6. The van der Waals surface area contributed by atoms with Gasteiger partial charge >= 0.3 is 6.03 Å². The molecular formula is C19H28N4O3. The smallest absolute Gasteiger partial charge is 0.319 e. The fraction of sp³-hybridized carbons (Fsp3) is 0.474. The Balaban J connectivity index is 1.92. The highest BCUT2D eigenvalue weighted by Crippen LogP contribution is 2.18. The lowest BCUT2D eigenvalue weighted by atomic mass is 10.2. The van der Waals surface area contributed by atoms with Crippen molar-refractivity contribution in [3.63, 3.8) is 0 Å². The van der Waals surface area contributed by atoms with Gasteiger partial charge in [0, 0.05) is 36.7 Å². The summed E-state index contributed by atoms with van der Waals surface area (Å²) in [6, 6.07) is 7.11. The van der Waals surface area contributed by atoms with Crippen molar-refractivity contribution in [3.8, 4) is 5.75 Å². The minimum atomic E-state index is -0.263. The number of aromatic nitrogens is 2. The van der Waals surface area contributed by atoms with E-state index >= 15 is 0 Å².